The van der Waals surface area contributed by atoms with Crippen LogP contribution in [0, 0.1) is 0 Å². The summed E-state index contributed by atoms with van der Waals surface area (Å²) in [5.74, 6) is -0.262. The fraction of sp³-hybridized carbons (Fsp3) is 0.125. The minimum atomic E-state index is -4.14. The average molecular weight is 250 g/mol. The standard InChI is InChI=1S/C8H9ClNO4P/c1-6(11)10-7-4-2-3-5-8(7)14-15(9,12)13/h2-5H,1H3,(H,10,11)(H,12,13). The molecule has 2 N–H and O–H groups in total. The first kappa shape index (κ1) is 12.0. The van der Waals surface area contributed by atoms with Crippen molar-refractivity contribution in [3.8, 4) is 5.75 Å². The van der Waals surface area contributed by atoms with E-state index in [0.717, 1.165) is 0 Å². The molecule has 1 rings (SSSR count). The topological polar surface area (TPSA) is 75.6 Å². The van der Waals surface area contributed by atoms with Gasteiger partial charge in [0.2, 0.25) is 5.91 Å². The lowest BCUT2D eigenvalue weighted by Crippen LogP contribution is -2.06. The Bertz CT molecular complexity index is 417. The van der Waals surface area contributed by atoms with Crippen LogP contribution < -0.4 is 9.84 Å². The van der Waals surface area contributed by atoms with Crippen LogP contribution in [-0.4, -0.2) is 10.8 Å². The monoisotopic (exact) mass is 249 g/mol. The Kier molecular flexibility index (Phi) is 3.74. The van der Waals surface area contributed by atoms with Gasteiger partial charge in [0.15, 0.2) is 5.75 Å². The van der Waals surface area contributed by atoms with Crippen molar-refractivity contribution >= 4 is 29.8 Å². The van der Waals surface area contributed by atoms with Crippen molar-refractivity contribution in [1.82, 2.24) is 0 Å². The van der Waals surface area contributed by atoms with Gasteiger partial charge in [0, 0.05) is 18.2 Å². The summed E-state index contributed by atoms with van der Waals surface area (Å²) in [5, 5.41) is 2.44. The number of rotatable bonds is 3. The summed E-state index contributed by atoms with van der Waals surface area (Å²) in [6.07, 6.45) is 0. The second-order valence-corrected chi connectivity index (χ2v) is 5.09. The van der Waals surface area contributed by atoms with E-state index in [1.54, 1.807) is 12.1 Å². The minimum Gasteiger partial charge on any atom is -0.411 e. The molecular weight excluding hydrogens is 241 g/mol. The van der Waals surface area contributed by atoms with Gasteiger partial charge in [-0.2, -0.15) is 0 Å². The molecule has 0 heterocycles. The number of amides is 1. The highest BCUT2D eigenvalue weighted by Crippen LogP contribution is 2.49. The van der Waals surface area contributed by atoms with Crippen molar-refractivity contribution in [2.24, 2.45) is 0 Å². The van der Waals surface area contributed by atoms with Crippen LogP contribution in [0.3, 0.4) is 0 Å². The van der Waals surface area contributed by atoms with Gasteiger partial charge in [-0.3, -0.25) is 4.79 Å². The molecular formula is C8H9ClNO4P. The number of anilines is 1. The molecule has 0 aliphatic carbocycles. The summed E-state index contributed by atoms with van der Waals surface area (Å²) in [4.78, 5) is 19.6. The van der Waals surface area contributed by atoms with Gasteiger partial charge in [0.05, 0.1) is 5.69 Å². The minimum absolute atomic E-state index is 0.0496. The van der Waals surface area contributed by atoms with E-state index in [9.17, 15) is 9.36 Å². The third-order valence-electron chi connectivity index (χ3n) is 1.41. The maximum absolute atomic E-state index is 10.8. The smallest absolute Gasteiger partial charge is 0.411 e. The Morgan fingerprint density at radius 2 is 2.13 bits per heavy atom. The summed E-state index contributed by atoms with van der Waals surface area (Å²) in [5.41, 5.74) is 0.292. The Morgan fingerprint density at radius 3 is 2.67 bits per heavy atom. The SMILES string of the molecule is CC(=O)Nc1ccccc1OP(=O)(O)Cl. The predicted octanol–water partition coefficient (Wildman–Crippen LogP) is 2.36. The molecule has 0 bridgehead atoms. The lowest BCUT2D eigenvalue weighted by molar-refractivity contribution is -0.114. The molecule has 0 saturated carbocycles. The van der Waals surface area contributed by atoms with Gasteiger partial charge < -0.3 is 14.7 Å². The van der Waals surface area contributed by atoms with E-state index in [1.807, 2.05) is 0 Å². The van der Waals surface area contributed by atoms with E-state index >= 15 is 0 Å². The van der Waals surface area contributed by atoms with Crippen LogP contribution in [0.15, 0.2) is 24.3 Å². The second kappa shape index (κ2) is 4.66. The summed E-state index contributed by atoms with van der Waals surface area (Å²) in [6, 6.07) is 6.20. The van der Waals surface area contributed by atoms with Gasteiger partial charge in [0.25, 0.3) is 0 Å². The van der Waals surface area contributed by atoms with Gasteiger partial charge in [-0.05, 0) is 12.1 Å². The number of para-hydroxylation sites is 2. The summed E-state index contributed by atoms with van der Waals surface area (Å²) < 4.78 is 15.4. The molecule has 1 unspecified atom stereocenters. The number of halogens is 1. The van der Waals surface area contributed by atoms with Crippen LogP contribution in [0.1, 0.15) is 6.92 Å². The van der Waals surface area contributed by atoms with E-state index in [0.29, 0.717) is 5.69 Å². The lowest BCUT2D eigenvalue weighted by atomic mass is 10.3. The highest BCUT2D eigenvalue weighted by atomic mass is 35.7. The highest BCUT2D eigenvalue weighted by molar-refractivity contribution is 7.80. The molecule has 1 amide bonds. The summed E-state index contributed by atoms with van der Waals surface area (Å²) in [7, 11) is 0. The largest absolute Gasteiger partial charge is 0.474 e. The number of carbonyl (C=O) groups excluding carboxylic acids is 1. The molecule has 7 heteroatoms. The van der Waals surface area contributed by atoms with Crippen LogP contribution in [0.2, 0.25) is 0 Å². The first-order valence-corrected chi connectivity index (χ1v) is 6.45. The van der Waals surface area contributed by atoms with Crippen LogP contribution in [0.25, 0.3) is 0 Å². The molecule has 0 saturated heterocycles. The second-order valence-electron chi connectivity index (χ2n) is 2.72. The van der Waals surface area contributed by atoms with Crippen molar-refractivity contribution in [3.05, 3.63) is 24.3 Å². The van der Waals surface area contributed by atoms with Crippen LogP contribution in [0.4, 0.5) is 5.69 Å². The van der Waals surface area contributed by atoms with E-state index < -0.39 is 6.95 Å². The average Bonchev–Trinajstić information content (AvgIpc) is 2.05. The Hall–Kier alpha value is -1.03. The number of nitrogens with one attached hydrogen (secondary N) is 1. The number of hydrogen-bond donors (Lipinski definition) is 2. The quantitative estimate of drug-likeness (QED) is 0.807. The maximum atomic E-state index is 10.8. The van der Waals surface area contributed by atoms with Crippen molar-refractivity contribution in [1.29, 1.82) is 0 Å². The van der Waals surface area contributed by atoms with Gasteiger partial charge >= 0.3 is 6.95 Å². The molecule has 82 valence electrons. The normalized spacial score (nSPS) is 14.1. The van der Waals surface area contributed by atoms with E-state index in [-0.39, 0.29) is 11.7 Å². The fourth-order valence-corrected chi connectivity index (χ4v) is 1.59. The van der Waals surface area contributed by atoms with Gasteiger partial charge in [-0.1, -0.05) is 12.1 Å². The highest BCUT2D eigenvalue weighted by Gasteiger charge is 2.18. The van der Waals surface area contributed by atoms with E-state index in [2.05, 4.69) is 9.84 Å². The molecule has 0 aromatic heterocycles. The lowest BCUT2D eigenvalue weighted by Gasteiger charge is -2.11. The molecule has 0 radical (unpaired) electrons. The molecule has 0 fully saturated rings. The van der Waals surface area contributed by atoms with Crippen LogP contribution in [-0.2, 0) is 9.36 Å². The van der Waals surface area contributed by atoms with E-state index in [4.69, 9.17) is 16.1 Å². The zero-order chi connectivity index (χ0) is 11.5. The Morgan fingerprint density at radius 1 is 1.53 bits per heavy atom. The van der Waals surface area contributed by atoms with Crippen molar-refractivity contribution in [2.45, 2.75) is 6.92 Å². The predicted molar refractivity (Wildman–Crippen MR) is 57.1 cm³/mol. The van der Waals surface area contributed by atoms with Crippen LogP contribution >= 0.6 is 18.2 Å². The maximum Gasteiger partial charge on any atom is 0.474 e. The molecule has 1 aromatic rings. The van der Waals surface area contributed by atoms with Gasteiger partial charge in [-0.15, -0.1) is 0 Å². The zero-order valence-electron chi connectivity index (χ0n) is 7.81. The molecule has 0 aliphatic heterocycles. The fourth-order valence-electron chi connectivity index (χ4n) is 0.960. The van der Waals surface area contributed by atoms with Crippen molar-refractivity contribution < 1.29 is 18.8 Å². The summed E-state index contributed by atoms with van der Waals surface area (Å²) in [6.45, 7) is -2.82. The van der Waals surface area contributed by atoms with Gasteiger partial charge in [-0.25, -0.2) is 4.57 Å². The molecule has 15 heavy (non-hydrogen) atoms. The first-order valence-electron chi connectivity index (χ1n) is 3.97. The number of carbonyl (C=O) groups is 1. The summed E-state index contributed by atoms with van der Waals surface area (Å²) >= 11 is 5.05. The third-order valence-corrected chi connectivity index (χ3v) is 2.04. The molecule has 0 spiro atoms. The van der Waals surface area contributed by atoms with Gasteiger partial charge in [0.1, 0.15) is 0 Å². The number of benzene rings is 1. The number of hydrogen-bond acceptors (Lipinski definition) is 3. The molecule has 5 nitrogen and oxygen atoms in total. The van der Waals surface area contributed by atoms with E-state index in [1.165, 1.54) is 19.1 Å². The Balaban J connectivity index is 2.96. The molecule has 0 aliphatic rings. The van der Waals surface area contributed by atoms with Crippen molar-refractivity contribution in [3.63, 3.8) is 0 Å². The van der Waals surface area contributed by atoms with Crippen LogP contribution in [0.5, 0.6) is 5.75 Å². The molecule has 1 atom stereocenters. The Labute approximate surface area is 91.3 Å². The first-order chi connectivity index (χ1) is 6.88. The third kappa shape index (κ3) is 4.34. The van der Waals surface area contributed by atoms with Crippen molar-refractivity contribution in [2.75, 3.05) is 5.32 Å². The molecule has 1 aromatic carbocycles. The zero-order valence-corrected chi connectivity index (χ0v) is 9.46.